The molecule has 2 saturated heterocycles. The zero-order chi connectivity index (χ0) is 18.8. The Morgan fingerprint density at radius 3 is 2.33 bits per heavy atom. The zero-order valence-electron chi connectivity index (χ0n) is 15.3. The minimum absolute atomic E-state index is 0.0558. The van der Waals surface area contributed by atoms with Gasteiger partial charge >= 0.3 is 0 Å². The van der Waals surface area contributed by atoms with Gasteiger partial charge in [0.05, 0.1) is 5.92 Å². The third-order valence-corrected chi connectivity index (χ3v) is 5.68. The lowest BCUT2D eigenvalue weighted by Crippen LogP contribution is -2.37. The Hall–Kier alpha value is -2.66. The average molecular weight is 363 g/mol. The van der Waals surface area contributed by atoms with E-state index in [0.717, 1.165) is 5.56 Å². The van der Waals surface area contributed by atoms with Crippen LogP contribution >= 0.6 is 0 Å². The number of rotatable bonds is 4. The van der Waals surface area contributed by atoms with Crippen molar-refractivity contribution in [3.05, 3.63) is 71.8 Å². The topological polar surface area (TPSA) is 66.6 Å². The first-order valence-corrected chi connectivity index (χ1v) is 9.53. The number of hydrogen-bond acceptors (Lipinski definition) is 3. The lowest BCUT2D eigenvalue weighted by atomic mass is 9.95. The largest absolute Gasteiger partial charge is 0.340 e. The monoisotopic (exact) mass is 363 g/mol. The molecule has 1 unspecified atom stereocenters. The molecule has 2 aliphatic rings. The summed E-state index contributed by atoms with van der Waals surface area (Å²) in [6.07, 6.45) is 0.299. The first-order chi connectivity index (χ1) is 13.1. The van der Waals surface area contributed by atoms with Crippen LogP contribution in [0.3, 0.4) is 0 Å². The maximum absolute atomic E-state index is 13.0. The summed E-state index contributed by atoms with van der Waals surface area (Å²) in [5.41, 5.74) is 8.59. The van der Waals surface area contributed by atoms with Crippen LogP contribution in [0, 0.1) is 5.92 Å². The van der Waals surface area contributed by atoms with E-state index in [1.165, 1.54) is 5.56 Å². The Bertz CT molecular complexity index is 809. The lowest BCUT2D eigenvalue weighted by Gasteiger charge is -2.21. The quantitative estimate of drug-likeness (QED) is 0.903. The van der Waals surface area contributed by atoms with Crippen LogP contribution < -0.4 is 5.73 Å². The van der Waals surface area contributed by atoms with E-state index in [4.69, 9.17) is 5.73 Å². The highest BCUT2D eigenvalue weighted by atomic mass is 16.2. The molecule has 5 nitrogen and oxygen atoms in total. The third kappa shape index (κ3) is 3.74. The smallest absolute Gasteiger partial charge is 0.228 e. The first kappa shape index (κ1) is 17.7. The van der Waals surface area contributed by atoms with Crippen LogP contribution in [0.15, 0.2) is 60.7 Å². The molecule has 2 fully saturated rings. The Morgan fingerprint density at radius 2 is 1.63 bits per heavy atom. The fourth-order valence-electron chi connectivity index (χ4n) is 4.21. The molecule has 27 heavy (non-hydrogen) atoms. The summed E-state index contributed by atoms with van der Waals surface area (Å²) in [6.45, 7) is 2.25. The predicted molar refractivity (Wildman–Crippen MR) is 104 cm³/mol. The maximum atomic E-state index is 13.0. The minimum atomic E-state index is -0.261. The summed E-state index contributed by atoms with van der Waals surface area (Å²) in [6, 6.07) is 20.0. The van der Waals surface area contributed by atoms with Gasteiger partial charge in [0.25, 0.3) is 0 Å². The molecule has 3 atom stereocenters. The maximum Gasteiger partial charge on any atom is 0.228 e. The SMILES string of the molecule is N[C@@H]1CN(C(=O)C2CC(=O)N(Cc3ccccc3)C2)C[C@H]1c1ccccc1. The van der Waals surface area contributed by atoms with E-state index in [0.29, 0.717) is 32.6 Å². The molecule has 0 bridgehead atoms. The lowest BCUT2D eigenvalue weighted by molar-refractivity contribution is -0.134. The van der Waals surface area contributed by atoms with Gasteiger partial charge in [-0.3, -0.25) is 9.59 Å². The van der Waals surface area contributed by atoms with Crippen LogP contribution in [0.1, 0.15) is 23.5 Å². The van der Waals surface area contributed by atoms with Crippen molar-refractivity contribution in [3.8, 4) is 0 Å². The Balaban J connectivity index is 1.39. The summed E-state index contributed by atoms with van der Waals surface area (Å²) < 4.78 is 0. The van der Waals surface area contributed by atoms with Crippen molar-refractivity contribution in [2.24, 2.45) is 11.7 Å². The van der Waals surface area contributed by atoms with Gasteiger partial charge in [0, 0.05) is 44.6 Å². The number of likely N-dealkylation sites (tertiary alicyclic amines) is 2. The average Bonchev–Trinajstić information content (AvgIpc) is 3.26. The Morgan fingerprint density at radius 1 is 0.963 bits per heavy atom. The first-order valence-electron chi connectivity index (χ1n) is 9.53. The summed E-state index contributed by atoms with van der Waals surface area (Å²) >= 11 is 0. The molecule has 0 saturated carbocycles. The molecular formula is C22H25N3O2. The van der Waals surface area contributed by atoms with Crippen LogP contribution in [0.4, 0.5) is 0 Å². The van der Waals surface area contributed by atoms with Crippen LogP contribution in [0.2, 0.25) is 0 Å². The third-order valence-electron chi connectivity index (χ3n) is 5.68. The molecule has 5 heteroatoms. The highest BCUT2D eigenvalue weighted by molar-refractivity contribution is 5.89. The van der Waals surface area contributed by atoms with Gasteiger partial charge in [-0.05, 0) is 11.1 Å². The van der Waals surface area contributed by atoms with Crippen LogP contribution in [-0.4, -0.2) is 47.3 Å². The van der Waals surface area contributed by atoms with Gasteiger partial charge in [-0.2, -0.15) is 0 Å². The van der Waals surface area contributed by atoms with E-state index in [9.17, 15) is 9.59 Å². The van der Waals surface area contributed by atoms with Crippen molar-refractivity contribution in [3.63, 3.8) is 0 Å². The Labute approximate surface area is 159 Å². The molecule has 2 amide bonds. The highest BCUT2D eigenvalue weighted by Crippen LogP contribution is 2.29. The number of nitrogens with two attached hydrogens (primary N) is 1. The van der Waals surface area contributed by atoms with Crippen LogP contribution in [0.25, 0.3) is 0 Å². The second-order valence-corrected chi connectivity index (χ2v) is 7.59. The molecular weight excluding hydrogens is 338 g/mol. The molecule has 2 N–H and O–H groups in total. The van der Waals surface area contributed by atoms with Gasteiger partial charge in [-0.25, -0.2) is 0 Å². The van der Waals surface area contributed by atoms with Crippen LogP contribution in [-0.2, 0) is 16.1 Å². The van der Waals surface area contributed by atoms with E-state index in [1.807, 2.05) is 53.4 Å². The molecule has 0 spiro atoms. The number of benzene rings is 2. The van der Waals surface area contributed by atoms with E-state index in [1.54, 1.807) is 4.90 Å². The molecule has 2 aromatic rings. The number of amides is 2. The summed E-state index contributed by atoms with van der Waals surface area (Å²) in [5.74, 6) is 0.0173. The van der Waals surface area contributed by atoms with Gasteiger partial charge in [-0.15, -0.1) is 0 Å². The fourth-order valence-corrected chi connectivity index (χ4v) is 4.21. The molecule has 0 radical (unpaired) electrons. The van der Waals surface area contributed by atoms with Crippen molar-refractivity contribution < 1.29 is 9.59 Å². The highest BCUT2D eigenvalue weighted by Gasteiger charge is 2.40. The molecule has 2 heterocycles. The summed E-state index contributed by atoms with van der Waals surface area (Å²) in [7, 11) is 0. The minimum Gasteiger partial charge on any atom is -0.340 e. The molecule has 0 aromatic heterocycles. The predicted octanol–water partition coefficient (Wildman–Crippen LogP) is 1.99. The van der Waals surface area contributed by atoms with E-state index < -0.39 is 0 Å². The van der Waals surface area contributed by atoms with Crippen molar-refractivity contribution in [1.82, 2.24) is 9.80 Å². The summed E-state index contributed by atoms with van der Waals surface area (Å²) in [4.78, 5) is 29.0. The standard InChI is InChI=1S/C22H25N3O2/c23-20-15-25(14-19(20)17-9-5-2-6-10-17)22(27)18-11-21(26)24(13-18)12-16-7-3-1-4-8-16/h1-10,18-20H,11-15,23H2/t18?,19-,20+/m0/s1. The van der Waals surface area contributed by atoms with Crippen molar-refractivity contribution in [1.29, 1.82) is 0 Å². The van der Waals surface area contributed by atoms with Crippen molar-refractivity contribution in [2.75, 3.05) is 19.6 Å². The number of nitrogens with zero attached hydrogens (tertiary/aromatic N) is 2. The van der Waals surface area contributed by atoms with Gasteiger partial charge in [0.15, 0.2) is 0 Å². The molecule has 2 aromatic carbocycles. The van der Waals surface area contributed by atoms with E-state index in [2.05, 4.69) is 12.1 Å². The van der Waals surface area contributed by atoms with E-state index in [-0.39, 0.29) is 29.7 Å². The number of carbonyl (C=O) groups excluding carboxylic acids is 2. The fraction of sp³-hybridized carbons (Fsp3) is 0.364. The van der Waals surface area contributed by atoms with E-state index >= 15 is 0 Å². The number of hydrogen-bond donors (Lipinski definition) is 1. The van der Waals surface area contributed by atoms with Gasteiger partial charge in [0.1, 0.15) is 0 Å². The molecule has 4 rings (SSSR count). The van der Waals surface area contributed by atoms with Crippen molar-refractivity contribution in [2.45, 2.75) is 24.9 Å². The van der Waals surface area contributed by atoms with Gasteiger partial charge in [0.2, 0.25) is 11.8 Å². The second kappa shape index (κ2) is 7.53. The molecule has 0 aliphatic carbocycles. The van der Waals surface area contributed by atoms with Gasteiger partial charge in [-0.1, -0.05) is 60.7 Å². The number of carbonyl (C=O) groups is 2. The Kier molecular flexibility index (Phi) is 4.94. The van der Waals surface area contributed by atoms with Crippen molar-refractivity contribution >= 4 is 11.8 Å². The molecule has 2 aliphatic heterocycles. The zero-order valence-corrected chi connectivity index (χ0v) is 15.3. The summed E-state index contributed by atoms with van der Waals surface area (Å²) in [5, 5.41) is 0. The molecule has 140 valence electrons. The second-order valence-electron chi connectivity index (χ2n) is 7.59. The van der Waals surface area contributed by atoms with Gasteiger partial charge < -0.3 is 15.5 Å². The normalized spacial score (nSPS) is 25.2. The van der Waals surface area contributed by atoms with Crippen LogP contribution in [0.5, 0.6) is 0 Å².